The van der Waals surface area contributed by atoms with Crippen molar-refractivity contribution in [2.24, 2.45) is 0 Å². The van der Waals surface area contributed by atoms with Crippen LogP contribution in [0.4, 0.5) is 5.82 Å². The highest BCUT2D eigenvalue weighted by Gasteiger charge is 2.15. The Kier molecular flexibility index (Phi) is 4.55. The summed E-state index contributed by atoms with van der Waals surface area (Å²) in [7, 11) is 0. The lowest BCUT2D eigenvalue weighted by molar-refractivity contribution is 0.120. The van der Waals surface area contributed by atoms with Gasteiger partial charge in [-0.2, -0.15) is 0 Å². The molecule has 2 heterocycles. The fourth-order valence-corrected chi connectivity index (χ4v) is 1.75. The van der Waals surface area contributed by atoms with Gasteiger partial charge < -0.3 is 14.8 Å². The first-order valence-corrected chi connectivity index (χ1v) is 6.19. The molecule has 1 aromatic heterocycles. The lowest BCUT2D eigenvalue weighted by Crippen LogP contribution is -2.19. The number of aromatic nitrogens is 2. The second-order valence-corrected chi connectivity index (χ2v) is 4.11. The second kappa shape index (κ2) is 6.39. The van der Waals surface area contributed by atoms with Gasteiger partial charge in [0.15, 0.2) is 0 Å². The van der Waals surface area contributed by atoms with Crippen molar-refractivity contribution >= 4 is 5.82 Å². The highest BCUT2D eigenvalue weighted by atomic mass is 16.5. The topological polar surface area (TPSA) is 56.3 Å². The predicted octanol–water partition coefficient (Wildman–Crippen LogP) is 1.86. The average molecular weight is 237 g/mol. The molecule has 5 heteroatoms. The van der Waals surface area contributed by atoms with Crippen LogP contribution in [0.15, 0.2) is 12.4 Å². The van der Waals surface area contributed by atoms with Crippen LogP contribution in [0.3, 0.4) is 0 Å². The van der Waals surface area contributed by atoms with Gasteiger partial charge >= 0.3 is 0 Å². The summed E-state index contributed by atoms with van der Waals surface area (Å²) in [6, 6.07) is 1.82. The maximum Gasteiger partial charge on any atom is 0.218 e. The predicted molar refractivity (Wildman–Crippen MR) is 65.3 cm³/mol. The second-order valence-electron chi connectivity index (χ2n) is 4.11. The quantitative estimate of drug-likeness (QED) is 0.818. The minimum Gasteiger partial charge on any atom is -0.478 e. The molecule has 2 rings (SSSR count). The van der Waals surface area contributed by atoms with E-state index in [1.807, 2.05) is 6.07 Å². The Hall–Kier alpha value is -1.36. The van der Waals surface area contributed by atoms with E-state index in [1.54, 1.807) is 0 Å². The highest BCUT2D eigenvalue weighted by Crippen LogP contribution is 2.14. The van der Waals surface area contributed by atoms with Crippen LogP contribution in [-0.2, 0) is 4.74 Å². The van der Waals surface area contributed by atoms with Crippen LogP contribution in [0.25, 0.3) is 0 Å². The van der Waals surface area contributed by atoms with Crippen LogP contribution in [-0.4, -0.2) is 35.8 Å². The summed E-state index contributed by atoms with van der Waals surface area (Å²) in [6.45, 7) is 4.42. The molecule has 0 radical (unpaired) electrons. The number of anilines is 1. The fraction of sp³-hybridized carbons (Fsp3) is 0.667. The highest BCUT2D eigenvalue weighted by molar-refractivity contribution is 5.37. The first kappa shape index (κ1) is 12.1. The summed E-state index contributed by atoms with van der Waals surface area (Å²) in [5.41, 5.74) is 0. The van der Waals surface area contributed by atoms with Gasteiger partial charge in [0.2, 0.25) is 5.88 Å². The van der Waals surface area contributed by atoms with Gasteiger partial charge in [-0.1, -0.05) is 6.92 Å². The van der Waals surface area contributed by atoms with E-state index in [4.69, 9.17) is 9.47 Å². The molecule has 0 aliphatic carbocycles. The van der Waals surface area contributed by atoms with E-state index in [0.29, 0.717) is 18.6 Å². The van der Waals surface area contributed by atoms with Crippen molar-refractivity contribution in [2.75, 3.05) is 25.1 Å². The molecule has 17 heavy (non-hydrogen) atoms. The van der Waals surface area contributed by atoms with Gasteiger partial charge in [-0.05, 0) is 19.3 Å². The molecule has 0 amide bonds. The standard InChI is InChI=1S/C12H19N3O2/c1-2-5-17-12-7-11(14-9-15-12)13-8-10-4-3-6-16-10/h7,9-10H,2-6,8H2,1H3,(H,13,14,15). The summed E-state index contributed by atoms with van der Waals surface area (Å²) in [5, 5.41) is 3.25. The van der Waals surface area contributed by atoms with Crippen molar-refractivity contribution in [3.63, 3.8) is 0 Å². The molecule has 1 atom stereocenters. The molecule has 0 spiro atoms. The molecule has 5 nitrogen and oxygen atoms in total. The van der Waals surface area contributed by atoms with E-state index in [2.05, 4.69) is 22.2 Å². The lowest BCUT2D eigenvalue weighted by Gasteiger charge is -2.11. The lowest BCUT2D eigenvalue weighted by atomic mass is 10.2. The normalized spacial score (nSPS) is 19.2. The van der Waals surface area contributed by atoms with Crippen molar-refractivity contribution in [1.82, 2.24) is 9.97 Å². The molecule has 1 aliphatic heterocycles. The first-order valence-electron chi connectivity index (χ1n) is 6.19. The molecule has 0 bridgehead atoms. The summed E-state index contributed by atoms with van der Waals surface area (Å²) < 4.78 is 11.0. The van der Waals surface area contributed by atoms with Gasteiger partial charge in [-0.3, -0.25) is 0 Å². The Morgan fingerprint density at radius 3 is 3.24 bits per heavy atom. The third-order valence-electron chi connectivity index (χ3n) is 2.63. The third-order valence-corrected chi connectivity index (χ3v) is 2.63. The molecule has 1 saturated heterocycles. The summed E-state index contributed by atoms with van der Waals surface area (Å²) in [4.78, 5) is 8.20. The monoisotopic (exact) mass is 237 g/mol. The fourth-order valence-electron chi connectivity index (χ4n) is 1.75. The van der Waals surface area contributed by atoms with E-state index < -0.39 is 0 Å². The summed E-state index contributed by atoms with van der Waals surface area (Å²) >= 11 is 0. The number of nitrogens with one attached hydrogen (secondary N) is 1. The molecular weight excluding hydrogens is 218 g/mol. The summed E-state index contributed by atoms with van der Waals surface area (Å²) in [5.74, 6) is 1.42. The van der Waals surface area contributed by atoms with Crippen LogP contribution in [0, 0.1) is 0 Å². The molecular formula is C12H19N3O2. The Morgan fingerprint density at radius 2 is 2.47 bits per heavy atom. The van der Waals surface area contributed by atoms with Gasteiger partial charge in [0, 0.05) is 19.2 Å². The molecule has 0 saturated carbocycles. The van der Waals surface area contributed by atoms with Crippen LogP contribution in [0.5, 0.6) is 5.88 Å². The minimum absolute atomic E-state index is 0.310. The Labute approximate surface area is 102 Å². The first-order chi connectivity index (χ1) is 8.38. The van der Waals surface area contributed by atoms with Crippen LogP contribution in [0.2, 0.25) is 0 Å². The molecule has 1 aliphatic rings. The zero-order chi connectivity index (χ0) is 11.9. The summed E-state index contributed by atoms with van der Waals surface area (Å²) in [6.07, 6.45) is 5.08. The van der Waals surface area contributed by atoms with E-state index in [9.17, 15) is 0 Å². The molecule has 1 aromatic rings. The number of hydrogen-bond acceptors (Lipinski definition) is 5. The minimum atomic E-state index is 0.310. The number of rotatable bonds is 6. The Bertz CT molecular complexity index is 340. The largest absolute Gasteiger partial charge is 0.478 e. The van der Waals surface area contributed by atoms with Gasteiger partial charge in [0.05, 0.1) is 12.7 Å². The van der Waals surface area contributed by atoms with Gasteiger partial charge in [0.1, 0.15) is 12.1 Å². The molecule has 1 N–H and O–H groups in total. The van der Waals surface area contributed by atoms with E-state index >= 15 is 0 Å². The van der Waals surface area contributed by atoms with Crippen LogP contribution >= 0.6 is 0 Å². The SMILES string of the molecule is CCCOc1cc(NCC2CCCO2)ncn1. The molecule has 1 fully saturated rings. The zero-order valence-corrected chi connectivity index (χ0v) is 10.2. The van der Waals surface area contributed by atoms with Crippen LogP contribution < -0.4 is 10.1 Å². The number of hydrogen-bond donors (Lipinski definition) is 1. The maximum absolute atomic E-state index is 5.53. The zero-order valence-electron chi connectivity index (χ0n) is 10.2. The maximum atomic E-state index is 5.53. The van der Waals surface area contributed by atoms with E-state index in [1.165, 1.54) is 6.33 Å². The van der Waals surface area contributed by atoms with Crippen molar-refractivity contribution < 1.29 is 9.47 Å². The molecule has 0 aromatic carbocycles. The Morgan fingerprint density at radius 1 is 1.53 bits per heavy atom. The van der Waals surface area contributed by atoms with Gasteiger partial charge in [0.25, 0.3) is 0 Å². The van der Waals surface area contributed by atoms with Gasteiger partial charge in [-0.15, -0.1) is 0 Å². The smallest absolute Gasteiger partial charge is 0.218 e. The number of nitrogens with zero attached hydrogens (tertiary/aromatic N) is 2. The van der Waals surface area contributed by atoms with Crippen molar-refractivity contribution in [3.05, 3.63) is 12.4 Å². The van der Waals surface area contributed by atoms with Crippen molar-refractivity contribution in [1.29, 1.82) is 0 Å². The average Bonchev–Trinajstić information content (AvgIpc) is 2.87. The van der Waals surface area contributed by atoms with E-state index in [-0.39, 0.29) is 0 Å². The van der Waals surface area contributed by atoms with Crippen molar-refractivity contribution in [2.45, 2.75) is 32.3 Å². The third kappa shape index (κ3) is 3.85. The Balaban J connectivity index is 1.82. The van der Waals surface area contributed by atoms with Gasteiger partial charge in [-0.25, -0.2) is 9.97 Å². The van der Waals surface area contributed by atoms with E-state index in [0.717, 1.165) is 38.2 Å². The molecule has 1 unspecified atom stereocenters. The number of ether oxygens (including phenoxy) is 2. The van der Waals surface area contributed by atoms with Crippen molar-refractivity contribution in [3.8, 4) is 5.88 Å². The molecule has 94 valence electrons. The van der Waals surface area contributed by atoms with Crippen LogP contribution in [0.1, 0.15) is 26.2 Å².